The summed E-state index contributed by atoms with van der Waals surface area (Å²) in [5.41, 5.74) is 5.62. The molecular formula is C14H27N3O2. The average molecular weight is 269 g/mol. The summed E-state index contributed by atoms with van der Waals surface area (Å²) in [4.78, 5) is 25.3. The Morgan fingerprint density at radius 2 is 1.95 bits per heavy atom. The summed E-state index contributed by atoms with van der Waals surface area (Å²) in [6.07, 6.45) is 3.31. The normalized spacial score (nSPS) is 16.7. The molecule has 0 atom stereocenters. The van der Waals surface area contributed by atoms with Gasteiger partial charge < -0.3 is 16.0 Å². The van der Waals surface area contributed by atoms with Crippen molar-refractivity contribution in [3.05, 3.63) is 0 Å². The first kappa shape index (κ1) is 16.0. The van der Waals surface area contributed by atoms with Crippen molar-refractivity contribution in [2.75, 3.05) is 26.2 Å². The van der Waals surface area contributed by atoms with Crippen molar-refractivity contribution in [2.45, 2.75) is 39.5 Å². The van der Waals surface area contributed by atoms with Crippen molar-refractivity contribution < 1.29 is 9.59 Å². The minimum atomic E-state index is -0.0288. The molecule has 0 aromatic heterocycles. The molecule has 1 fully saturated rings. The molecule has 0 radical (unpaired) electrons. The van der Waals surface area contributed by atoms with E-state index in [0.717, 1.165) is 32.4 Å². The van der Waals surface area contributed by atoms with Gasteiger partial charge >= 0.3 is 0 Å². The number of likely N-dealkylation sites (tertiary alicyclic amines) is 1. The second-order valence-electron chi connectivity index (χ2n) is 5.77. The molecular weight excluding hydrogens is 242 g/mol. The lowest BCUT2D eigenvalue weighted by atomic mass is 9.97. The van der Waals surface area contributed by atoms with Crippen LogP contribution in [0.1, 0.15) is 39.5 Å². The van der Waals surface area contributed by atoms with Gasteiger partial charge in [-0.1, -0.05) is 13.8 Å². The number of carbonyl (C=O) groups is 2. The molecule has 0 bridgehead atoms. The third-order valence-corrected chi connectivity index (χ3v) is 3.69. The summed E-state index contributed by atoms with van der Waals surface area (Å²) in [6, 6.07) is 0. The van der Waals surface area contributed by atoms with Crippen molar-refractivity contribution in [1.82, 2.24) is 10.2 Å². The summed E-state index contributed by atoms with van der Waals surface area (Å²) in [6.45, 7) is 6.53. The highest BCUT2D eigenvalue weighted by Crippen LogP contribution is 2.15. The molecule has 19 heavy (non-hydrogen) atoms. The molecule has 1 heterocycles. The standard InChI is InChI=1S/C14H27N3O2/c1-11(2)3-4-13(18)16-10-14(19)17-7-5-12(9-15)6-8-17/h11-12H,3-10,15H2,1-2H3,(H,16,18). The lowest BCUT2D eigenvalue weighted by molar-refractivity contribution is -0.134. The Bertz CT molecular complexity index is 297. The molecule has 0 saturated carbocycles. The van der Waals surface area contributed by atoms with Crippen molar-refractivity contribution in [1.29, 1.82) is 0 Å². The number of hydrogen-bond donors (Lipinski definition) is 2. The summed E-state index contributed by atoms with van der Waals surface area (Å²) < 4.78 is 0. The fourth-order valence-electron chi connectivity index (χ4n) is 2.21. The van der Waals surface area contributed by atoms with Gasteiger partial charge in [0, 0.05) is 19.5 Å². The second-order valence-corrected chi connectivity index (χ2v) is 5.77. The summed E-state index contributed by atoms with van der Waals surface area (Å²) in [5, 5.41) is 2.71. The quantitative estimate of drug-likeness (QED) is 0.746. The molecule has 1 saturated heterocycles. The van der Waals surface area contributed by atoms with Gasteiger partial charge in [0.25, 0.3) is 0 Å². The van der Waals surface area contributed by atoms with Gasteiger partial charge in [0.15, 0.2) is 0 Å². The number of amides is 2. The first-order chi connectivity index (χ1) is 9.02. The number of nitrogens with zero attached hydrogens (tertiary/aromatic N) is 1. The van der Waals surface area contributed by atoms with E-state index in [9.17, 15) is 9.59 Å². The van der Waals surface area contributed by atoms with Gasteiger partial charge in [-0.2, -0.15) is 0 Å². The van der Waals surface area contributed by atoms with Crippen LogP contribution in [0.2, 0.25) is 0 Å². The Balaban J connectivity index is 2.19. The molecule has 1 aliphatic heterocycles. The van der Waals surface area contributed by atoms with Crippen molar-refractivity contribution in [2.24, 2.45) is 17.6 Å². The third-order valence-electron chi connectivity index (χ3n) is 3.69. The van der Waals surface area contributed by atoms with Crippen LogP contribution in [0.15, 0.2) is 0 Å². The highest BCUT2D eigenvalue weighted by molar-refractivity contribution is 5.84. The molecule has 0 aliphatic carbocycles. The lowest BCUT2D eigenvalue weighted by Gasteiger charge is -2.31. The van der Waals surface area contributed by atoms with Gasteiger partial charge in [-0.05, 0) is 37.6 Å². The minimum Gasteiger partial charge on any atom is -0.347 e. The second kappa shape index (κ2) is 8.15. The number of nitrogens with two attached hydrogens (primary N) is 1. The van der Waals surface area contributed by atoms with Crippen LogP contribution in [-0.2, 0) is 9.59 Å². The van der Waals surface area contributed by atoms with Crippen LogP contribution in [0.4, 0.5) is 0 Å². The average Bonchev–Trinajstić information content (AvgIpc) is 2.42. The van der Waals surface area contributed by atoms with Crippen molar-refractivity contribution >= 4 is 11.8 Å². The van der Waals surface area contributed by atoms with Crippen LogP contribution in [-0.4, -0.2) is 42.9 Å². The molecule has 5 nitrogen and oxygen atoms in total. The SMILES string of the molecule is CC(C)CCC(=O)NCC(=O)N1CCC(CN)CC1. The molecule has 0 spiro atoms. The predicted molar refractivity (Wildman–Crippen MR) is 75.4 cm³/mol. The molecule has 5 heteroatoms. The van der Waals surface area contributed by atoms with Crippen LogP contribution >= 0.6 is 0 Å². The third kappa shape index (κ3) is 6.05. The van der Waals surface area contributed by atoms with E-state index in [2.05, 4.69) is 19.2 Å². The number of nitrogens with one attached hydrogen (secondary N) is 1. The summed E-state index contributed by atoms with van der Waals surface area (Å²) in [5.74, 6) is 1.05. The Morgan fingerprint density at radius 1 is 1.32 bits per heavy atom. The van der Waals surface area contributed by atoms with E-state index in [1.807, 2.05) is 4.90 Å². The maximum absolute atomic E-state index is 11.9. The Kier molecular flexibility index (Phi) is 6.84. The Morgan fingerprint density at radius 3 is 2.47 bits per heavy atom. The highest BCUT2D eigenvalue weighted by atomic mass is 16.2. The van der Waals surface area contributed by atoms with Crippen LogP contribution in [0, 0.1) is 11.8 Å². The van der Waals surface area contributed by atoms with Crippen LogP contribution < -0.4 is 11.1 Å². The molecule has 2 amide bonds. The van der Waals surface area contributed by atoms with Gasteiger partial charge in [0.2, 0.25) is 11.8 Å². The van der Waals surface area contributed by atoms with E-state index in [1.54, 1.807) is 0 Å². The van der Waals surface area contributed by atoms with Crippen LogP contribution in [0.3, 0.4) is 0 Å². The van der Waals surface area contributed by atoms with Crippen LogP contribution in [0.25, 0.3) is 0 Å². The lowest BCUT2D eigenvalue weighted by Crippen LogP contribution is -2.44. The predicted octanol–water partition coefficient (Wildman–Crippen LogP) is 0.736. The fourth-order valence-corrected chi connectivity index (χ4v) is 2.21. The fraction of sp³-hybridized carbons (Fsp3) is 0.857. The smallest absolute Gasteiger partial charge is 0.241 e. The minimum absolute atomic E-state index is 0.0216. The van der Waals surface area contributed by atoms with E-state index in [-0.39, 0.29) is 18.4 Å². The van der Waals surface area contributed by atoms with E-state index in [4.69, 9.17) is 5.73 Å². The van der Waals surface area contributed by atoms with Gasteiger partial charge in [0.1, 0.15) is 0 Å². The molecule has 0 aromatic rings. The molecule has 3 N–H and O–H groups in total. The van der Waals surface area contributed by atoms with E-state index in [1.165, 1.54) is 0 Å². The summed E-state index contributed by atoms with van der Waals surface area (Å²) >= 11 is 0. The van der Waals surface area contributed by atoms with Gasteiger partial charge in [-0.25, -0.2) is 0 Å². The molecule has 0 unspecified atom stereocenters. The first-order valence-corrected chi connectivity index (χ1v) is 7.27. The zero-order valence-corrected chi connectivity index (χ0v) is 12.2. The zero-order chi connectivity index (χ0) is 14.3. The number of hydrogen-bond acceptors (Lipinski definition) is 3. The first-order valence-electron chi connectivity index (χ1n) is 7.27. The molecule has 1 rings (SSSR count). The zero-order valence-electron chi connectivity index (χ0n) is 12.2. The van der Waals surface area contributed by atoms with Gasteiger partial charge in [-0.3, -0.25) is 9.59 Å². The molecule has 1 aliphatic rings. The van der Waals surface area contributed by atoms with Crippen LogP contribution in [0.5, 0.6) is 0 Å². The molecule has 0 aromatic carbocycles. The maximum atomic E-state index is 11.9. The van der Waals surface area contributed by atoms with E-state index < -0.39 is 0 Å². The summed E-state index contributed by atoms with van der Waals surface area (Å²) in [7, 11) is 0. The largest absolute Gasteiger partial charge is 0.347 e. The maximum Gasteiger partial charge on any atom is 0.241 e. The highest BCUT2D eigenvalue weighted by Gasteiger charge is 2.21. The topological polar surface area (TPSA) is 75.4 Å². The Labute approximate surface area is 115 Å². The monoisotopic (exact) mass is 269 g/mol. The van der Waals surface area contributed by atoms with E-state index in [0.29, 0.717) is 24.8 Å². The van der Waals surface area contributed by atoms with Gasteiger partial charge in [0.05, 0.1) is 6.54 Å². The number of piperidine rings is 1. The number of carbonyl (C=O) groups excluding carboxylic acids is 2. The van der Waals surface area contributed by atoms with Gasteiger partial charge in [-0.15, -0.1) is 0 Å². The number of rotatable bonds is 6. The van der Waals surface area contributed by atoms with E-state index >= 15 is 0 Å². The molecule has 110 valence electrons. The Hall–Kier alpha value is -1.10. The van der Waals surface area contributed by atoms with Crippen molar-refractivity contribution in [3.8, 4) is 0 Å². The van der Waals surface area contributed by atoms with Crippen molar-refractivity contribution in [3.63, 3.8) is 0 Å².